The average molecular weight is 347 g/mol. The minimum absolute atomic E-state index is 0.0209. The Labute approximate surface area is 146 Å². The first-order valence-corrected chi connectivity index (χ1v) is 8.80. The molecule has 1 aromatic rings. The van der Waals surface area contributed by atoms with Crippen molar-refractivity contribution in [2.75, 3.05) is 38.2 Å². The quantitative estimate of drug-likeness (QED) is 0.798. The van der Waals surface area contributed by atoms with E-state index in [0.717, 1.165) is 37.3 Å². The van der Waals surface area contributed by atoms with Gasteiger partial charge in [-0.15, -0.1) is 0 Å². The largest absolute Gasteiger partial charge is 0.381 e. The molecule has 1 aromatic heterocycles. The van der Waals surface area contributed by atoms with E-state index >= 15 is 0 Å². The van der Waals surface area contributed by atoms with E-state index in [-0.39, 0.29) is 11.6 Å². The van der Waals surface area contributed by atoms with Gasteiger partial charge in [0.1, 0.15) is 11.9 Å². The van der Waals surface area contributed by atoms with E-state index in [4.69, 9.17) is 4.74 Å². The van der Waals surface area contributed by atoms with Gasteiger partial charge in [0, 0.05) is 39.2 Å². The van der Waals surface area contributed by atoms with Crippen LogP contribution in [0.5, 0.6) is 0 Å². The van der Waals surface area contributed by atoms with Gasteiger partial charge < -0.3 is 10.1 Å². The SMILES string of the molecule is Cn1c(NCC(C2CCOC2)N2CCCC2)c(C#N)c(=O)n(C)c1=O. The predicted octanol–water partition coefficient (Wildman–Crippen LogP) is -0.132. The van der Waals surface area contributed by atoms with Gasteiger partial charge in [0.15, 0.2) is 5.56 Å². The van der Waals surface area contributed by atoms with Gasteiger partial charge in [-0.05, 0) is 32.4 Å². The standard InChI is InChI=1S/C17H25N5O3/c1-20-15(13(9-18)16(23)21(2)17(20)24)19-10-14(12-5-8-25-11-12)22-6-3-4-7-22/h12,14,19H,3-8,10-11H2,1-2H3. The number of nitrogens with zero attached hydrogens (tertiary/aromatic N) is 4. The zero-order valence-corrected chi connectivity index (χ0v) is 14.8. The van der Waals surface area contributed by atoms with Crippen molar-refractivity contribution in [3.8, 4) is 6.07 Å². The Morgan fingerprint density at radius 2 is 2.00 bits per heavy atom. The van der Waals surface area contributed by atoms with Gasteiger partial charge in [0.05, 0.1) is 6.61 Å². The first-order chi connectivity index (χ1) is 12.0. The van der Waals surface area contributed by atoms with Crippen LogP contribution in [0.25, 0.3) is 0 Å². The highest BCUT2D eigenvalue weighted by Crippen LogP contribution is 2.25. The van der Waals surface area contributed by atoms with Crippen LogP contribution in [0.4, 0.5) is 5.82 Å². The van der Waals surface area contributed by atoms with Crippen molar-refractivity contribution < 1.29 is 4.74 Å². The second-order valence-corrected chi connectivity index (χ2v) is 6.86. The summed E-state index contributed by atoms with van der Waals surface area (Å²) < 4.78 is 7.86. The number of nitriles is 1. The molecular weight excluding hydrogens is 322 g/mol. The van der Waals surface area contributed by atoms with Crippen LogP contribution >= 0.6 is 0 Å². The van der Waals surface area contributed by atoms with Crippen LogP contribution in [-0.4, -0.2) is 52.9 Å². The summed E-state index contributed by atoms with van der Waals surface area (Å²) in [5.74, 6) is 0.735. The zero-order valence-electron chi connectivity index (χ0n) is 14.8. The molecule has 0 radical (unpaired) electrons. The Bertz CT molecular complexity index is 763. The third-order valence-corrected chi connectivity index (χ3v) is 5.37. The average Bonchev–Trinajstić information content (AvgIpc) is 3.32. The topological polar surface area (TPSA) is 92.3 Å². The molecule has 2 aliphatic heterocycles. The fraction of sp³-hybridized carbons (Fsp3) is 0.706. The molecular formula is C17H25N5O3. The molecule has 136 valence electrons. The zero-order chi connectivity index (χ0) is 18.0. The van der Waals surface area contributed by atoms with Crippen LogP contribution in [0.15, 0.2) is 9.59 Å². The van der Waals surface area contributed by atoms with E-state index in [9.17, 15) is 14.9 Å². The number of nitrogens with one attached hydrogen (secondary N) is 1. The second-order valence-electron chi connectivity index (χ2n) is 6.86. The highest BCUT2D eigenvalue weighted by Gasteiger charge is 2.32. The van der Waals surface area contributed by atoms with Crippen molar-refractivity contribution in [2.24, 2.45) is 20.0 Å². The van der Waals surface area contributed by atoms with Crippen LogP contribution in [0.2, 0.25) is 0 Å². The number of hydrogen-bond donors (Lipinski definition) is 1. The molecule has 3 heterocycles. The third kappa shape index (κ3) is 3.34. The summed E-state index contributed by atoms with van der Waals surface area (Å²) in [6, 6.07) is 2.22. The lowest BCUT2D eigenvalue weighted by atomic mass is 9.97. The highest BCUT2D eigenvalue weighted by molar-refractivity contribution is 5.51. The normalized spacial score (nSPS) is 22.0. The molecule has 8 heteroatoms. The van der Waals surface area contributed by atoms with Gasteiger partial charge in [-0.1, -0.05) is 0 Å². The van der Waals surface area contributed by atoms with Crippen LogP contribution in [0, 0.1) is 17.2 Å². The Kier molecular flexibility index (Phi) is 5.25. The maximum absolute atomic E-state index is 12.2. The molecule has 2 unspecified atom stereocenters. The molecule has 1 N–H and O–H groups in total. The molecule has 0 saturated carbocycles. The number of hydrogen-bond acceptors (Lipinski definition) is 6. The Morgan fingerprint density at radius 3 is 2.60 bits per heavy atom. The molecule has 2 aliphatic rings. The first kappa shape index (κ1) is 17.7. The molecule has 8 nitrogen and oxygen atoms in total. The molecule has 2 atom stereocenters. The number of likely N-dealkylation sites (tertiary alicyclic amines) is 1. The van der Waals surface area contributed by atoms with Crippen molar-refractivity contribution in [3.05, 3.63) is 26.4 Å². The van der Waals surface area contributed by atoms with E-state index < -0.39 is 11.2 Å². The lowest BCUT2D eigenvalue weighted by Gasteiger charge is -2.32. The van der Waals surface area contributed by atoms with Gasteiger partial charge >= 0.3 is 5.69 Å². The Morgan fingerprint density at radius 1 is 1.28 bits per heavy atom. The van der Waals surface area contributed by atoms with Crippen molar-refractivity contribution in [2.45, 2.75) is 25.3 Å². The number of rotatable bonds is 5. The third-order valence-electron chi connectivity index (χ3n) is 5.37. The number of aromatic nitrogens is 2. The summed E-state index contributed by atoms with van der Waals surface area (Å²) >= 11 is 0. The molecule has 3 rings (SSSR count). The van der Waals surface area contributed by atoms with Gasteiger partial charge in [-0.25, -0.2) is 4.79 Å². The summed E-state index contributed by atoms with van der Waals surface area (Å²) in [7, 11) is 2.96. The predicted molar refractivity (Wildman–Crippen MR) is 93.6 cm³/mol. The van der Waals surface area contributed by atoms with Crippen molar-refractivity contribution in [1.29, 1.82) is 5.26 Å². The van der Waals surface area contributed by atoms with Gasteiger partial charge in [-0.2, -0.15) is 5.26 Å². The molecule has 0 amide bonds. The maximum Gasteiger partial charge on any atom is 0.332 e. The van der Waals surface area contributed by atoms with Crippen molar-refractivity contribution >= 4 is 5.82 Å². The van der Waals surface area contributed by atoms with Gasteiger partial charge in [-0.3, -0.25) is 18.8 Å². The fourth-order valence-corrected chi connectivity index (χ4v) is 3.88. The summed E-state index contributed by atoms with van der Waals surface area (Å²) in [5, 5.41) is 12.6. The van der Waals surface area contributed by atoms with E-state index in [0.29, 0.717) is 18.3 Å². The summed E-state index contributed by atoms with van der Waals surface area (Å²) in [5.41, 5.74) is -1.02. The lowest BCUT2D eigenvalue weighted by Crippen LogP contribution is -2.45. The van der Waals surface area contributed by atoms with Crippen molar-refractivity contribution in [1.82, 2.24) is 14.0 Å². The molecule has 0 aliphatic carbocycles. The molecule has 0 spiro atoms. The van der Waals surface area contributed by atoms with Crippen molar-refractivity contribution in [3.63, 3.8) is 0 Å². The Balaban J connectivity index is 1.87. The van der Waals surface area contributed by atoms with Gasteiger partial charge in [0.2, 0.25) is 0 Å². The highest BCUT2D eigenvalue weighted by atomic mass is 16.5. The van der Waals surface area contributed by atoms with Crippen LogP contribution in [0.1, 0.15) is 24.8 Å². The Hall–Kier alpha value is -2.11. The monoisotopic (exact) mass is 347 g/mol. The summed E-state index contributed by atoms with van der Waals surface area (Å²) in [4.78, 5) is 26.8. The summed E-state index contributed by atoms with van der Waals surface area (Å²) in [6.45, 7) is 4.22. The smallest absolute Gasteiger partial charge is 0.332 e. The van der Waals surface area contributed by atoms with Crippen LogP contribution in [-0.2, 0) is 18.8 Å². The second kappa shape index (κ2) is 7.42. The van der Waals surface area contributed by atoms with E-state index in [1.807, 2.05) is 6.07 Å². The lowest BCUT2D eigenvalue weighted by molar-refractivity contribution is 0.141. The molecule has 0 bridgehead atoms. The fourth-order valence-electron chi connectivity index (χ4n) is 3.88. The minimum Gasteiger partial charge on any atom is -0.381 e. The van der Waals surface area contributed by atoms with E-state index in [2.05, 4.69) is 10.2 Å². The molecule has 2 fully saturated rings. The number of ether oxygens (including phenoxy) is 1. The molecule has 2 saturated heterocycles. The maximum atomic E-state index is 12.2. The van der Waals surface area contributed by atoms with Crippen LogP contribution < -0.4 is 16.6 Å². The minimum atomic E-state index is -0.560. The summed E-state index contributed by atoms with van der Waals surface area (Å²) in [6.07, 6.45) is 3.40. The molecule has 0 aromatic carbocycles. The first-order valence-electron chi connectivity index (χ1n) is 8.80. The van der Waals surface area contributed by atoms with E-state index in [1.54, 1.807) is 7.05 Å². The number of anilines is 1. The van der Waals surface area contributed by atoms with Gasteiger partial charge in [0.25, 0.3) is 5.56 Å². The van der Waals surface area contributed by atoms with Crippen LogP contribution in [0.3, 0.4) is 0 Å². The molecule has 25 heavy (non-hydrogen) atoms. The van der Waals surface area contributed by atoms with E-state index in [1.165, 1.54) is 24.5 Å².